The second-order valence-corrected chi connectivity index (χ2v) is 7.32. The third-order valence-electron chi connectivity index (χ3n) is 3.57. The zero-order chi connectivity index (χ0) is 15.6. The third kappa shape index (κ3) is 3.30. The standard InChI is InChI=1S/C13H18ClN3O3S/c1-16-13(18)9-3-2-6-17(8-9)21(19,20)12-7-10(15)4-5-11(12)14/h4-5,7,9H,2-3,6,8,15H2,1H3,(H,16,18). The number of nitrogens with zero attached hydrogens (tertiary/aromatic N) is 1. The summed E-state index contributed by atoms with van der Waals surface area (Å²) in [4.78, 5) is 11.7. The van der Waals surface area contributed by atoms with Crippen molar-refractivity contribution >= 4 is 33.2 Å². The number of carbonyl (C=O) groups is 1. The number of piperidine rings is 1. The Kier molecular flexibility index (Phi) is 4.75. The summed E-state index contributed by atoms with van der Waals surface area (Å²) >= 11 is 5.99. The van der Waals surface area contributed by atoms with Gasteiger partial charge in [-0.15, -0.1) is 0 Å². The molecule has 0 spiro atoms. The van der Waals surface area contributed by atoms with E-state index in [4.69, 9.17) is 17.3 Å². The van der Waals surface area contributed by atoms with Crippen LogP contribution in [0, 0.1) is 5.92 Å². The van der Waals surface area contributed by atoms with Gasteiger partial charge in [-0.25, -0.2) is 8.42 Å². The summed E-state index contributed by atoms with van der Waals surface area (Å²) in [7, 11) is -2.20. The van der Waals surface area contributed by atoms with E-state index in [1.165, 1.54) is 16.4 Å². The number of anilines is 1. The van der Waals surface area contributed by atoms with Gasteiger partial charge < -0.3 is 11.1 Å². The van der Waals surface area contributed by atoms with Gasteiger partial charge in [0.15, 0.2) is 0 Å². The Labute approximate surface area is 129 Å². The average molecular weight is 332 g/mol. The van der Waals surface area contributed by atoms with Crippen LogP contribution in [0.4, 0.5) is 5.69 Å². The van der Waals surface area contributed by atoms with Gasteiger partial charge in [0.05, 0.1) is 10.9 Å². The first-order chi connectivity index (χ1) is 9.86. The lowest BCUT2D eigenvalue weighted by Gasteiger charge is -2.31. The summed E-state index contributed by atoms with van der Waals surface area (Å²) in [5, 5.41) is 2.69. The lowest BCUT2D eigenvalue weighted by molar-refractivity contribution is -0.125. The number of hydrogen-bond acceptors (Lipinski definition) is 4. The van der Waals surface area contributed by atoms with Crippen molar-refractivity contribution in [2.75, 3.05) is 25.9 Å². The number of hydrogen-bond donors (Lipinski definition) is 2. The largest absolute Gasteiger partial charge is 0.399 e. The highest BCUT2D eigenvalue weighted by Gasteiger charge is 2.34. The Morgan fingerprint density at radius 3 is 2.86 bits per heavy atom. The van der Waals surface area contributed by atoms with Crippen LogP contribution in [-0.4, -0.2) is 38.8 Å². The van der Waals surface area contributed by atoms with E-state index < -0.39 is 10.0 Å². The Morgan fingerprint density at radius 2 is 2.19 bits per heavy atom. The van der Waals surface area contributed by atoms with Gasteiger partial charge in [-0.3, -0.25) is 4.79 Å². The first kappa shape index (κ1) is 16.1. The van der Waals surface area contributed by atoms with Crippen molar-refractivity contribution in [1.82, 2.24) is 9.62 Å². The zero-order valence-corrected chi connectivity index (χ0v) is 13.2. The van der Waals surface area contributed by atoms with Crippen LogP contribution in [0.2, 0.25) is 5.02 Å². The summed E-state index contributed by atoms with van der Waals surface area (Å²) in [5.74, 6) is -0.480. The first-order valence-electron chi connectivity index (χ1n) is 6.63. The van der Waals surface area contributed by atoms with Gasteiger partial charge in [-0.2, -0.15) is 4.31 Å². The van der Waals surface area contributed by atoms with Crippen LogP contribution in [0.5, 0.6) is 0 Å². The van der Waals surface area contributed by atoms with Crippen molar-refractivity contribution in [1.29, 1.82) is 0 Å². The van der Waals surface area contributed by atoms with Crippen LogP contribution >= 0.6 is 11.6 Å². The van der Waals surface area contributed by atoms with Gasteiger partial charge in [-0.05, 0) is 31.0 Å². The SMILES string of the molecule is CNC(=O)C1CCCN(S(=O)(=O)c2cc(N)ccc2Cl)C1. The molecule has 1 aliphatic rings. The molecule has 1 unspecified atom stereocenters. The molecular weight excluding hydrogens is 314 g/mol. The number of benzene rings is 1. The van der Waals surface area contributed by atoms with E-state index in [0.29, 0.717) is 25.1 Å². The van der Waals surface area contributed by atoms with Crippen LogP contribution in [0.1, 0.15) is 12.8 Å². The molecule has 3 N–H and O–H groups in total. The number of nitrogens with one attached hydrogen (secondary N) is 1. The van der Waals surface area contributed by atoms with Crippen molar-refractivity contribution in [3.63, 3.8) is 0 Å². The molecular formula is C13H18ClN3O3S. The zero-order valence-electron chi connectivity index (χ0n) is 11.7. The molecule has 1 atom stereocenters. The summed E-state index contributed by atoms with van der Waals surface area (Å²) < 4.78 is 26.6. The molecule has 116 valence electrons. The van der Waals surface area contributed by atoms with Crippen LogP contribution in [0.3, 0.4) is 0 Å². The second-order valence-electron chi connectivity index (χ2n) is 5.01. The molecule has 0 radical (unpaired) electrons. The fourth-order valence-corrected chi connectivity index (χ4v) is 4.47. The molecule has 1 aromatic rings. The van der Waals surface area contributed by atoms with Gasteiger partial charge in [0.25, 0.3) is 0 Å². The van der Waals surface area contributed by atoms with E-state index in [1.54, 1.807) is 13.1 Å². The molecule has 8 heteroatoms. The van der Waals surface area contributed by atoms with Gasteiger partial charge in [-0.1, -0.05) is 11.6 Å². The predicted molar refractivity (Wildman–Crippen MR) is 81.4 cm³/mol. The van der Waals surface area contributed by atoms with E-state index >= 15 is 0 Å². The first-order valence-corrected chi connectivity index (χ1v) is 8.45. The average Bonchev–Trinajstić information content (AvgIpc) is 2.49. The van der Waals surface area contributed by atoms with Gasteiger partial charge in [0.2, 0.25) is 15.9 Å². The van der Waals surface area contributed by atoms with Gasteiger partial charge in [0.1, 0.15) is 4.90 Å². The molecule has 1 aromatic carbocycles. The minimum absolute atomic E-state index is 0.0123. The van der Waals surface area contributed by atoms with E-state index in [0.717, 1.165) is 0 Å². The van der Waals surface area contributed by atoms with Crippen LogP contribution < -0.4 is 11.1 Å². The van der Waals surface area contributed by atoms with Crippen LogP contribution in [-0.2, 0) is 14.8 Å². The number of sulfonamides is 1. The third-order valence-corrected chi connectivity index (χ3v) is 5.92. The summed E-state index contributed by atoms with van der Waals surface area (Å²) in [6, 6.07) is 4.36. The molecule has 1 saturated heterocycles. The molecule has 1 heterocycles. The number of rotatable bonds is 3. The molecule has 0 aliphatic carbocycles. The van der Waals surface area contributed by atoms with Gasteiger partial charge in [0, 0.05) is 25.8 Å². The number of carbonyl (C=O) groups excluding carboxylic acids is 1. The maximum absolute atomic E-state index is 12.7. The lowest BCUT2D eigenvalue weighted by atomic mass is 9.99. The predicted octanol–water partition coefficient (Wildman–Crippen LogP) is 1.07. The van der Waals surface area contributed by atoms with E-state index in [-0.39, 0.29) is 28.3 Å². The number of halogens is 1. The second kappa shape index (κ2) is 6.21. The maximum atomic E-state index is 12.7. The molecule has 2 rings (SSSR count). The van der Waals surface area contributed by atoms with Crippen molar-refractivity contribution < 1.29 is 13.2 Å². The monoisotopic (exact) mass is 331 g/mol. The van der Waals surface area contributed by atoms with E-state index in [1.807, 2.05) is 0 Å². The number of nitrogens with two attached hydrogens (primary N) is 1. The smallest absolute Gasteiger partial charge is 0.244 e. The molecule has 1 aliphatic heterocycles. The Balaban J connectivity index is 2.31. The highest BCUT2D eigenvalue weighted by Crippen LogP contribution is 2.29. The highest BCUT2D eigenvalue weighted by atomic mass is 35.5. The normalized spacial score (nSPS) is 20.2. The lowest BCUT2D eigenvalue weighted by Crippen LogP contribution is -2.44. The van der Waals surface area contributed by atoms with Crippen molar-refractivity contribution in [2.45, 2.75) is 17.7 Å². The summed E-state index contributed by atoms with van der Waals surface area (Å²) in [5.41, 5.74) is 5.98. The van der Waals surface area contributed by atoms with E-state index in [2.05, 4.69) is 5.32 Å². The summed E-state index contributed by atoms with van der Waals surface area (Å²) in [6.07, 6.45) is 1.31. The Morgan fingerprint density at radius 1 is 1.48 bits per heavy atom. The molecule has 6 nitrogen and oxygen atoms in total. The maximum Gasteiger partial charge on any atom is 0.244 e. The molecule has 1 amide bonds. The fraction of sp³-hybridized carbons (Fsp3) is 0.462. The topological polar surface area (TPSA) is 92.5 Å². The minimum atomic E-state index is -3.75. The molecule has 0 saturated carbocycles. The van der Waals surface area contributed by atoms with Crippen molar-refractivity contribution in [3.8, 4) is 0 Å². The number of amides is 1. The van der Waals surface area contributed by atoms with E-state index in [9.17, 15) is 13.2 Å². The van der Waals surface area contributed by atoms with Crippen LogP contribution in [0.15, 0.2) is 23.1 Å². The summed E-state index contributed by atoms with van der Waals surface area (Å²) in [6.45, 7) is 0.536. The quantitative estimate of drug-likeness (QED) is 0.810. The Hall–Kier alpha value is -1.31. The highest BCUT2D eigenvalue weighted by molar-refractivity contribution is 7.89. The molecule has 0 aromatic heterocycles. The number of nitrogen functional groups attached to an aromatic ring is 1. The molecule has 1 fully saturated rings. The fourth-order valence-electron chi connectivity index (χ4n) is 2.44. The van der Waals surface area contributed by atoms with Crippen molar-refractivity contribution in [2.24, 2.45) is 5.92 Å². The van der Waals surface area contributed by atoms with Crippen molar-refractivity contribution in [3.05, 3.63) is 23.2 Å². The minimum Gasteiger partial charge on any atom is -0.399 e. The molecule has 21 heavy (non-hydrogen) atoms. The van der Waals surface area contributed by atoms with Gasteiger partial charge >= 0.3 is 0 Å². The Bertz CT molecular complexity index is 648. The van der Waals surface area contributed by atoms with Crippen LogP contribution in [0.25, 0.3) is 0 Å². The molecule has 0 bridgehead atoms.